The van der Waals surface area contributed by atoms with Gasteiger partial charge in [0.05, 0.1) is 4.92 Å². The van der Waals surface area contributed by atoms with Crippen molar-refractivity contribution < 1.29 is 17.5 Å². The van der Waals surface area contributed by atoms with Gasteiger partial charge in [0, 0.05) is 31.8 Å². The zero-order valence-corrected chi connectivity index (χ0v) is 17.5. The number of nitrogens with zero attached hydrogens (tertiary/aromatic N) is 4. The molecule has 0 unspecified atom stereocenters. The van der Waals surface area contributed by atoms with Gasteiger partial charge in [0.2, 0.25) is 0 Å². The minimum absolute atomic E-state index is 0.0753. The van der Waals surface area contributed by atoms with Gasteiger partial charge in [0.25, 0.3) is 11.2 Å². The molecule has 32 heavy (non-hydrogen) atoms. The maximum atomic E-state index is 12.5. The van der Waals surface area contributed by atoms with Crippen LogP contribution in [0.25, 0.3) is 22.6 Å². The molecule has 2 aromatic heterocycles. The molecule has 4 rings (SSSR count). The lowest BCUT2D eigenvalue weighted by molar-refractivity contribution is -0.384. The molecule has 4 aromatic rings. The number of non-ortho nitro benzene ring substituents is 1. The molecule has 13 heteroatoms. The number of nitro groups is 1. The van der Waals surface area contributed by atoms with Crippen molar-refractivity contribution in [2.45, 2.75) is 4.90 Å². The first-order chi connectivity index (χ1) is 15.1. The molecule has 0 fully saturated rings. The average Bonchev–Trinajstić information content (AvgIpc) is 3.22. The summed E-state index contributed by atoms with van der Waals surface area (Å²) >= 11 is 0. The Balaban J connectivity index is 1.65. The van der Waals surface area contributed by atoms with Gasteiger partial charge >= 0.3 is 15.8 Å². The number of imidazole rings is 1. The lowest BCUT2D eigenvalue weighted by Crippen LogP contribution is -2.36. The lowest BCUT2D eigenvalue weighted by Gasteiger charge is -2.07. The van der Waals surface area contributed by atoms with Crippen LogP contribution in [-0.4, -0.2) is 32.4 Å². The van der Waals surface area contributed by atoms with E-state index in [0.717, 1.165) is 16.7 Å². The number of fused-ring (bicyclic) bond motifs is 1. The van der Waals surface area contributed by atoms with E-state index in [2.05, 4.69) is 9.97 Å². The van der Waals surface area contributed by atoms with Crippen molar-refractivity contribution in [1.29, 1.82) is 0 Å². The van der Waals surface area contributed by atoms with E-state index in [1.54, 1.807) is 0 Å². The first-order valence-electron chi connectivity index (χ1n) is 9.03. The molecule has 0 atom stereocenters. The minimum atomic E-state index is -4.19. The Morgan fingerprint density at radius 3 is 2.22 bits per heavy atom. The van der Waals surface area contributed by atoms with Gasteiger partial charge in [0.15, 0.2) is 5.65 Å². The monoisotopic (exact) mass is 457 g/mol. The number of H-pyrrole nitrogens is 1. The summed E-state index contributed by atoms with van der Waals surface area (Å²) in [6.45, 7) is 0. The van der Waals surface area contributed by atoms with Crippen molar-refractivity contribution in [3.8, 4) is 17.1 Å². The van der Waals surface area contributed by atoms with Crippen LogP contribution >= 0.6 is 0 Å². The van der Waals surface area contributed by atoms with Gasteiger partial charge in [-0.25, -0.2) is 9.78 Å². The van der Waals surface area contributed by atoms with E-state index in [0.29, 0.717) is 5.56 Å². The standard InChI is InChI=1S/C19H15N5O7S/c1-22-17-15(18(25)23(2)19(22)26)20-16(21-17)11-3-9-14(10-4-11)32(29,30)31-13-7-5-12(6-8-13)24(27)28/h3-10H,1-2H3,(H,20,21). The van der Waals surface area contributed by atoms with E-state index in [1.165, 1.54) is 55.1 Å². The molecule has 12 nitrogen and oxygen atoms in total. The van der Waals surface area contributed by atoms with Gasteiger partial charge in [-0.15, -0.1) is 0 Å². The summed E-state index contributed by atoms with van der Waals surface area (Å²) in [6, 6.07) is 10.1. The number of nitrogens with one attached hydrogen (secondary N) is 1. The molecule has 0 spiro atoms. The summed E-state index contributed by atoms with van der Waals surface area (Å²) in [5.41, 5.74) is -0.459. The number of benzene rings is 2. The molecule has 0 saturated carbocycles. The van der Waals surface area contributed by atoms with Crippen molar-refractivity contribution in [2.24, 2.45) is 14.1 Å². The SMILES string of the molecule is Cn1c(=O)c2[nH]c(-c3ccc(S(=O)(=O)Oc4ccc([N+](=O)[O-])cc4)cc3)nc2n(C)c1=O. The van der Waals surface area contributed by atoms with Crippen LogP contribution in [-0.2, 0) is 24.2 Å². The average molecular weight is 457 g/mol. The molecule has 1 N–H and O–H groups in total. The van der Waals surface area contributed by atoms with Gasteiger partial charge in [-0.3, -0.25) is 24.0 Å². The van der Waals surface area contributed by atoms with E-state index in [9.17, 15) is 28.1 Å². The largest absolute Gasteiger partial charge is 0.379 e. The molecule has 0 bridgehead atoms. The van der Waals surface area contributed by atoms with Gasteiger partial charge in [0.1, 0.15) is 22.0 Å². The molecule has 2 aromatic carbocycles. The number of aromatic amines is 1. The van der Waals surface area contributed by atoms with E-state index in [4.69, 9.17) is 4.18 Å². The smallest absolute Gasteiger partial charge is 0.339 e. The first-order valence-corrected chi connectivity index (χ1v) is 10.4. The van der Waals surface area contributed by atoms with Gasteiger partial charge in [-0.05, 0) is 36.4 Å². The van der Waals surface area contributed by atoms with Crippen LogP contribution < -0.4 is 15.4 Å². The quantitative estimate of drug-likeness (QED) is 0.267. The summed E-state index contributed by atoms with van der Waals surface area (Å²) in [5.74, 6) is 0.201. The van der Waals surface area contributed by atoms with Gasteiger partial charge < -0.3 is 9.17 Å². The Hall–Kier alpha value is -4.26. The van der Waals surface area contributed by atoms with Crippen molar-refractivity contribution >= 4 is 27.0 Å². The van der Waals surface area contributed by atoms with Gasteiger partial charge in [-0.1, -0.05) is 0 Å². The molecule has 0 aliphatic heterocycles. The Kier molecular flexibility index (Phi) is 4.89. The zero-order valence-electron chi connectivity index (χ0n) is 16.7. The van der Waals surface area contributed by atoms with Crippen molar-refractivity contribution in [1.82, 2.24) is 19.1 Å². The molecule has 164 valence electrons. The highest BCUT2D eigenvalue weighted by molar-refractivity contribution is 7.87. The van der Waals surface area contributed by atoms with Crippen molar-refractivity contribution in [2.75, 3.05) is 0 Å². The normalized spacial score (nSPS) is 11.6. The molecule has 2 heterocycles. The predicted octanol–water partition coefficient (Wildman–Crippen LogP) is 1.30. The van der Waals surface area contributed by atoms with Gasteiger partial charge in [-0.2, -0.15) is 8.42 Å². The fraction of sp³-hybridized carbons (Fsp3) is 0.105. The summed E-state index contributed by atoms with van der Waals surface area (Å²) in [7, 11) is -1.35. The number of hydrogen-bond acceptors (Lipinski definition) is 8. The topological polar surface area (TPSA) is 159 Å². The number of aryl methyl sites for hydroxylation is 1. The molecular formula is C19H15N5O7S. The van der Waals surface area contributed by atoms with Crippen LogP contribution in [0.4, 0.5) is 5.69 Å². The Morgan fingerprint density at radius 1 is 1.00 bits per heavy atom. The van der Waals surface area contributed by atoms with E-state index < -0.39 is 26.3 Å². The molecule has 0 saturated heterocycles. The third-order valence-corrected chi connectivity index (χ3v) is 6.03. The second-order valence-electron chi connectivity index (χ2n) is 6.80. The van der Waals surface area contributed by atoms with Crippen LogP contribution in [0.2, 0.25) is 0 Å². The Labute approximate surface area is 179 Å². The summed E-state index contributed by atoms with van der Waals surface area (Å²) in [4.78, 5) is 41.5. The molecule has 0 amide bonds. The van der Waals surface area contributed by atoms with Crippen molar-refractivity contribution in [3.63, 3.8) is 0 Å². The maximum Gasteiger partial charge on any atom is 0.339 e. The van der Waals surface area contributed by atoms with Crippen LogP contribution in [0.5, 0.6) is 5.75 Å². The third kappa shape index (κ3) is 3.54. The highest BCUT2D eigenvalue weighted by Gasteiger charge is 2.19. The van der Waals surface area contributed by atoms with Crippen LogP contribution in [0, 0.1) is 10.1 Å². The zero-order chi connectivity index (χ0) is 23.2. The molecule has 0 radical (unpaired) electrons. The second-order valence-corrected chi connectivity index (χ2v) is 8.35. The summed E-state index contributed by atoms with van der Waals surface area (Å²) in [6.07, 6.45) is 0. The third-order valence-electron chi connectivity index (χ3n) is 4.76. The molecule has 0 aliphatic rings. The second kappa shape index (κ2) is 7.46. The van der Waals surface area contributed by atoms with Crippen LogP contribution in [0.1, 0.15) is 0 Å². The molecule has 0 aliphatic carbocycles. The summed E-state index contributed by atoms with van der Waals surface area (Å²) < 4.78 is 32.2. The minimum Gasteiger partial charge on any atom is -0.379 e. The number of aromatic nitrogens is 4. The number of rotatable bonds is 5. The number of hydrogen-bond donors (Lipinski definition) is 1. The Bertz CT molecular complexity index is 1580. The highest BCUT2D eigenvalue weighted by Crippen LogP contribution is 2.24. The number of nitro benzene ring substituents is 1. The fourth-order valence-corrected chi connectivity index (χ4v) is 3.97. The van der Waals surface area contributed by atoms with Crippen LogP contribution in [0.15, 0.2) is 63.0 Å². The predicted molar refractivity (Wildman–Crippen MR) is 113 cm³/mol. The fourth-order valence-electron chi connectivity index (χ4n) is 3.04. The molecular weight excluding hydrogens is 442 g/mol. The highest BCUT2D eigenvalue weighted by atomic mass is 32.2. The van der Waals surface area contributed by atoms with Crippen molar-refractivity contribution in [3.05, 3.63) is 79.5 Å². The summed E-state index contributed by atoms with van der Waals surface area (Å²) in [5, 5.41) is 10.7. The lowest BCUT2D eigenvalue weighted by atomic mass is 10.2. The van der Waals surface area contributed by atoms with Crippen LogP contribution in [0.3, 0.4) is 0 Å². The van der Waals surface area contributed by atoms with E-state index in [1.807, 2.05) is 0 Å². The maximum absolute atomic E-state index is 12.5. The van der Waals surface area contributed by atoms with E-state index >= 15 is 0 Å². The Morgan fingerprint density at radius 2 is 1.62 bits per heavy atom. The van der Waals surface area contributed by atoms with E-state index in [-0.39, 0.29) is 33.3 Å². The first kappa shape index (κ1) is 21.0.